The maximum Gasteiger partial charge on any atom is 0.217 e. The number of benzene rings is 1. The molecule has 1 amide bonds. The Bertz CT molecular complexity index is 1250. The highest BCUT2D eigenvalue weighted by Crippen LogP contribution is 2.48. The lowest BCUT2D eigenvalue weighted by atomic mass is 9.78. The fraction of sp³-hybridized carbons (Fsp3) is 0.286. The number of carbonyl (C=O) groups excluding carboxylic acids is 1. The first-order valence-electron chi connectivity index (χ1n) is 11.6. The summed E-state index contributed by atoms with van der Waals surface area (Å²) in [7, 11) is 0. The second-order valence-corrected chi connectivity index (χ2v) is 9.01. The number of anilines is 1. The smallest absolute Gasteiger partial charge is 0.217 e. The quantitative estimate of drug-likeness (QED) is 0.662. The van der Waals surface area contributed by atoms with Crippen LogP contribution >= 0.6 is 0 Å². The highest BCUT2D eigenvalue weighted by atomic mass is 19.1. The van der Waals surface area contributed by atoms with E-state index in [1.54, 1.807) is 24.5 Å². The lowest BCUT2D eigenvalue weighted by molar-refractivity contribution is -0.119. The molecular formula is C28H27FN4O. The van der Waals surface area contributed by atoms with Gasteiger partial charge in [0.05, 0.1) is 17.4 Å². The Morgan fingerprint density at radius 2 is 2.15 bits per heavy atom. The van der Waals surface area contributed by atoms with Crippen molar-refractivity contribution in [2.45, 2.75) is 39.2 Å². The first kappa shape index (κ1) is 22.0. The van der Waals surface area contributed by atoms with E-state index in [1.807, 2.05) is 23.3 Å². The van der Waals surface area contributed by atoms with Crippen LogP contribution in [0.2, 0.25) is 0 Å². The zero-order chi connectivity index (χ0) is 23.7. The van der Waals surface area contributed by atoms with Crippen LogP contribution in [-0.2, 0) is 4.79 Å². The number of hydrazine groups is 1. The molecule has 5 rings (SSSR count). The Hall–Kier alpha value is -3.85. The third-order valence-corrected chi connectivity index (χ3v) is 6.74. The second kappa shape index (κ2) is 9.18. The van der Waals surface area contributed by atoms with Gasteiger partial charge in [0, 0.05) is 42.6 Å². The van der Waals surface area contributed by atoms with Crippen LogP contribution < -0.4 is 15.8 Å². The topological polar surface area (TPSA) is 57.3 Å². The van der Waals surface area contributed by atoms with E-state index in [1.165, 1.54) is 35.8 Å². The molecule has 3 atom stereocenters. The molecule has 0 radical (unpaired) electrons. The summed E-state index contributed by atoms with van der Waals surface area (Å²) in [6.07, 6.45) is 10.6. The average Bonchev–Trinajstić information content (AvgIpc) is 3.43. The van der Waals surface area contributed by atoms with Gasteiger partial charge in [0.25, 0.3) is 0 Å². The van der Waals surface area contributed by atoms with Crippen LogP contribution in [-0.4, -0.2) is 16.9 Å². The Kier molecular flexibility index (Phi) is 5.93. The molecule has 2 heterocycles. The van der Waals surface area contributed by atoms with Crippen LogP contribution in [0.5, 0.6) is 0 Å². The van der Waals surface area contributed by atoms with Crippen molar-refractivity contribution in [2.75, 3.05) is 5.01 Å². The summed E-state index contributed by atoms with van der Waals surface area (Å²) in [5.74, 6) is 6.71. The molecule has 34 heavy (non-hydrogen) atoms. The van der Waals surface area contributed by atoms with Gasteiger partial charge < -0.3 is 10.7 Å². The van der Waals surface area contributed by atoms with E-state index in [9.17, 15) is 9.18 Å². The average molecular weight is 455 g/mol. The number of aromatic nitrogens is 1. The van der Waals surface area contributed by atoms with Crippen LogP contribution in [0.4, 0.5) is 10.1 Å². The van der Waals surface area contributed by atoms with E-state index in [2.05, 4.69) is 40.6 Å². The highest BCUT2D eigenvalue weighted by molar-refractivity contribution is 5.73. The number of amides is 1. The highest BCUT2D eigenvalue weighted by Gasteiger charge is 2.38. The zero-order valence-corrected chi connectivity index (χ0v) is 19.3. The number of rotatable bonds is 4. The molecule has 0 spiro atoms. The van der Waals surface area contributed by atoms with Gasteiger partial charge in [-0.05, 0) is 73.2 Å². The van der Waals surface area contributed by atoms with E-state index < -0.39 is 0 Å². The Morgan fingerprint density at radius 1 is 1.32 bits per heavy atom. The molecule has 0 saturated carbocycles. The number of carbonyl (C=O) groups is 1. The molecule has 1 aromatic carbocycles. The third-order valence-electron chi connectivity index (χ3n) is 6.74. The monoisotopic (exact) mass is 454 g/mol. The number of halogens is 1. The number of allylic oxidation sites excluding steroid dienone is 4. The molecule has 1 unspecified atom stereocenters. The van der Waals surface area contributed by atoms with Crippen molar-refractivity contribution < 1.29 is 9.18 Å². The van der Waals surface area contributed by atoms with Gasteiger partial charge >= 0.3 is 0 Å². The van der Waals surface area contributed by atoms with Gasteiger partial charge in [-0.15, -0.1) is 0 Å². The van der Waals surface area contributed by atoms with Gasteiger partial charge in [-0.1, -0.05) is 24.3 Å². The SMILES string of the molecule is CC(=O)NC(C#Cc1cccnc1)C[C@H]1CCC2=C1[C@@H](C)C1=CNN(c3ccc(F)cc3)C1=C2. The summed E-state index contributed by atoms with van der Waals surface area (Å²) in [4.78, 5) is 16.0. The molecule has 3 aliphatic rings. The fourth-order valence-electron chi connectivity index (χ4n) is 5.25. The van der Waals surface area contributed by atoms with Crippen molar-refractivity contribution in [3.63, 3.8) is 0 Å². The molecule has 2 aliphatic carbocycles. The van der Waals surface area contributed by atoms with Crippen LogP contribution in [0.15, 0.2) is 83.5 Å². The number of pyridine rings is 1. The standard InChI is InChI=1S/C28H27FN4O/c1-18-26-17-31-33(25-11-8-23(29)9-12-25)27(26)15-22-7-6-21(28(18)22)14-24(32-19(2)34)10-5-20-4-3-13-30-16-20/h3-4,8-9,11-13,15-18,21,24,31H,6-7,14H2,1-2H3,(H,32,34)/t18-,21+,24?/m0/s1. The fourth-order valence-corrected chi connectivity index (χ4v) is 5.25. The molecule has 2 N–H and O–H groups in total. The maximum absolute atomic E-state index is 13.4. The second-order valence-electron chi connectivity index (χ2n) is 9.01. The summed E-state index contributed by atoms with van der Waals surface area (Å²) in [6.45, 7) is 3.78. The predicted octanol–water partition coefficient (Wildman–Crippen LogP) is 4.62. The normalized spacial score (nSPS) is 21.4. The molecular weight excluding hydrogens is 427 g/mol. The molecule has 172 valence electrons. The lowest BCUT2D eigenvalue weighted by Crippen LogP contribution is -2.34. The minimum absolute atomic E-state index is 0.0748. The number of nitrogens with one attached hydrogen (secondary N) is 2. The Labute approximate surface area is 199 Å². The van der Waals surface area contributed by atoms with Crippen molar-refractivity contribution in [1.29, 1.82) is 0 Å². The van der Waals surface area contributed by atoms with Crippen molar-refractivity contribution in [2.24, 2.45) is 11.8 Å². The van der Waals surface area contributed by atoms with Crippen LogP contribution in [0.3, 0.4) is 0 Å². The van der Waals surface area contributed by atoms with E-state index >= 15 is 0 Å². The van der Waals surface area contributed by atoms with Crippen LogP contribution in [0.25, 0.3) is 0 Å². The molecule has 0 fully saturated rings. The van der Waals surface area contributed by atoms with Gasteiger partial charge in [0.15, 0.2) is 0 Å². The van der Waals surface area contributed by atoms with Gasteiger partial charge in [0.2, 0.25) is 5.91 Å². The van der Waals surface area contributed by atoms with E-state index in [0.29, 0.717) is 5.92 Å². The van der Waals surface area contributed by atoms with Gasteiger partial charge in [-0.2, -0.15) is 0 Å². The van der Waals surface area contributed by atoms with E-state index in [4.69, 9.17) is 0 Å². The molecule has 5 nitrogen and oxygen atoms in total. The Balaban J connectivity index is 1.39. The van der Waals surface area contributed by atoms with Crippen molar-refractivity contribution in [3.8, 4) is 11.8 Å². The largest absolute Gasteiger partial charge is 0.343 e. The number of nitrogens with zero attached hydrogens (tertiary/aromatic N) is 2. The molecule has 1 aliphatic heterocycles. The summed E-state index contributed by atoms with van der Waals surface area (Å²) in [5.41, 5.74) is 10.2. The molecule has 1 aromatic heterocycles. The van der Waals surface area contributed by atoms with E-state index in [0.717, 1.165) is 36.2 Å². The first-order chi connectivity index (χ1) is 16.5. The number of hydrogen-bond acceptors (Lipinski definition) is 4. The van der Waals surface area contributed by atoms with E-state index in [-0.39, 0.29) is 23.7 Å². The Morgan fingerprint density at radius 3 is 2.88 bits per heavy atom. The van der Waals surface area contributed by atoms with Gasteiger partial charge in [-0.3, -0.25) is 14.8 Å². The molecule has 0 bridgehead atoms. The number of fused-ring (bicyclic) bond motifs is 1. The zero-order valence-electron chi connectivity index (χ0n) is 19.3. The summed E-state index contributed by atoms with van der Waals surface area (Å²) in [6, 6.07) is 10.1. The van der Waals surface area contributed by atoms with Crippen LogP contribution in [0.1, 0.15) is 38.7 Å². The summed E-state index contributed by atoms with van der Waals surface area (Å²) < 4.78 is 13.4. The minimum Gasteiger partial charge on any atom is -0.343 e. The lowest BCUT2D eigenvalue weighted by Gasteiger charge is -2.30. The predicted molar refractivity (Wildman–Crippen MR) is 130 cm³/mol. The molecule has 0 saturated heterocycles. The van der Waals surface area contributed by atoms with Crippen molar-refractivity contribution in [3.05, 3.63) is 94.9 Å². The summed E-state index contributed by atoms with van der Waals surface area (Å²) in [5, 5.41) is 5.05. The summed E-state index contributed by atoms with van der Waals surface area (Å²) >= 11 is 0. The van der Waals surface area contributed by atoms with Gasteiger partial charge in [0.1, 0.15) is 5.82 Å². The van der Waals surface area contributed by atoms with Gasteiger partial charge in [-0.25, -0.2) is 4.39 Å². The molecule has 2 aromatic rings. The third kappa shape index (κ3) is 4.34. The van der Waals surface area contributed by atoms with Crippen molar-refractivity contribution in [1.82, 2.24) is 15.7 Å². The minimum atomic E-state index is -0.244. The maximum atomic E-state index is 13.4. The van der Waals surface area contributed by atoms with Crippen LogP contribution in [0, 0.1) is 29.5 Å². The molecule has 6 heteroatoms. The number of hydrogen-bond donors (Lipinski definition) is 2. The van der Waals surface area contributed by atoms with Crippen molar-refractivity contribution >= 4 is 11.6 Å². The first-order valence-corrected chi connectivity index (χ1v) is 11.6.